The van der Waals surface area contributed by atoms with Crippen molar-refractivity contribution in [2.24, 2.45) is 5.84 Å². The van der Waals surface area contributed by atoms with Crippen molar-refractivity contribution in [1.82, 2.24) is 4.90 Å². The van der Waals surface area contributed by atoms with Gasteiger partial charge in [-0.25, -0.2) is 0 Å². The van der Waals surface area contributed by atoms with Gasteiger partial charge in [0, 0.05) is 31.8 Å². The summed E-state index contributed by atoms with van der Waals surface area (Å²) in [7, 11) is 1.66. The standard InChI is InChI=1S/C13H18N4O4/c1-16(8-10-3-2-6-21-10)13(18)9-4-5-11(15-14)12(7-9)17(19)20/h4-5,7,10,15H,2-3,6,8,14H2,1H3. The summed E-state index contributed by atoms with van der Waals surface area (Å²) in [5.41, 5.74) is 2.43. The minimum atomic E-state index is -0.577. The summed E-state index contributed by atoms with van der Waals surface area (Å²) in [6, 6.07) is 4.16. The number of nitrogens with two attached hydrogens (primary N) is 1. The number of benzene rings is 1. The molecular weight excluding hydrogens is 276 g/mol. The number of nitrogen functional groups attached to an aromatic ring is 1. The number of nitro benzene ring substituents is 1. The number of carbonyl (C=O) groups excluding carboxylic acids is 1. The lowest BCUT2D eigenvalue weighted by Gasteiger charge is -2.21. The van der Waals surface area contributed by atoms with Crippen LogP contribution in [-0.4, -0.2) is 42.0 Å². The first kappa shape index (κ1) is 15.2. The van der Waals surface area contributed by atoms with Gasteiger partial charge in [0.25, 0.3) is 11.6 Å². The van der Waals surface area contributed by atoms with Gasteiger partial charge in [0.15, 0.2) is 0 Å². The fourth-order valence-corrected chi connectivity index (χ4v) is 2.33. The molecule has 0 radical (unpaired) electrons. The number of rotatable bonds is 5. The van der Waals surface area contributed by atoms with Gasteiger partial charge in [-0.3, -0.25) is 20.8 Å². The van der Waals surface area contributed by atoms with Gasteiger partial charge in [-0.2, -0.15) is 0 Å². The Morgan fingerprint density at radius 3 is 2.95 bits per heavy atom. The summed E-state index contributed by atoms with van der Waals surface area (Å²) in [5, 5.41) is 11.0. The number of nitrogens with zero attached hydrogens (tertiary/aromatic N) is 2. The Morgan fingerprint density at radius 1 is 1.62 bits per heavy atom. The Bertz CT molecular complexity index is 543. The molecule has 1 aromatic carbocycles. The van der Waals surface area contributed by atoms with Crippen molar-refractivity contribution in [3.05, 3.63) is 33.9 Å². The first-order valence-corrected chi connectivity index (χ1v) is 6.65. The number of carbonyl (C=O) groups is 1. The van der Waals surface area contributed by atoms with Crippen molar-refractivity contribution in [3.63, 3.8) is 0 Å². The lowest BCUT2D eigenvalue weighted by atomic mass is 10.1. The van der Waals surface area contributed by atoms with E-state index in [9.17, 15) is 14.9 Å². The molecule has 1 aromatic rings. The third-order valence-corrected chi connectivity index (χ3v) is 3.45. The maximum absolute atomic E-state index is 12.3. The number of nitro groups is 1. The van der Waals surface area contributed by atoms with E-state index < -0.39 is 4.92 Å². The quantitative estimate of drug-likeness (QED) is 0.478. The smallest absolute Gasteiger partial charge is 0.294 e. The zero-order chi connectivity index (χ0) is 15.4. The van der Waals surface area contributed by atoms with E-state index in [4.69, 9.17) is 10.6 Å². The predicted molar refractivity (Wildman–Crippen MR) is 76.8 cm³/mol. The first-order valence-electron chi connectivity index (χ1n) is 6.65. The number of hydrogen-bond acceptors (Lipinski definition) is 6. The molecule has 1 fully saturated rings. The number of hydrogen-bond donors (Lipinski definition) is 2. The normalized spacial score (nSPS) is 17.5. The van der Waals surface area contributed by atoms with Crippen LogP contribution in [0.4, 0.5) is 11.4 Å². The Balaban J connectivity index is 2.14. The highest BCUT2D eigenvalue weighted by molar-refractivity contribution is 5.95. The van der Waals surface area contributed by atoms with Gasteiger partial charge >= 0.3 is 0 Å². The summed E-state index contributed by atoms with van der Waals surface area (Å²) in [6.45, 7) is 1.19. The van der Waals surface area contributed by atoms with Gasteiger partial charge in [-0.15, -0.1) is 0 Å². The van der Waals surface area contributed by atoms with Crippen molar-refractivity contribution in [1.29, 1.82) is 0 Å². The molecule has 1 aliphatic rings. The average Bonchev–Trinajstić information content (AvgIpc) is 2.98. The molecule has 1 saturated heterocycles. The summed E-state index contributed by atoms with van der Waals surface area (Å²) in [6.07, 6.45) is 1.96. The Hall–Kier alpha value is -2.19. The van der Waals surface area contributed by atoms with E-state index in [2.05, 4.69) is 5.43 Å². The molecule has 0 spiro atoms. The third kappa shape index (κ3) is 3.47. The molecule has 0 bridgehead atoms. The number of hydrazine groups is 1. The maximum atomic E-state index is 12.3. The van der Waals surface area contributed by atoms with Crippen LogP contribution < -0.4 is 11.3 Å². The second-order valence-corrected chi connectivity index (χ2v) is 4.95. The molecule has 1 atom stereocenters. The molecule has 114 valence electrons. The van der Waals surface area contributed by atoms with E-state index in [-0.39, 0.29) is 28.9 Å². The van der Waals surface area contributed by atoms with Crippen molar-refractivity contribution in [3.8, 4) is 0 Å². The van der Waals surface area contributed by atoms with Gasteiger partial charge in [-0.1, -0.05) is 0 Å². The SMILES string of the molecule is CN(CC1CCCO1)C(=O)c1ccc(NN)c([N+](=O)[O-])c1. The number of ether oxygens (including phenoxy) is 1. The van der Waals surface area contributed by atoms with Crippen LogP contribution in [0.3, 0.4) is 0 Å². The number of anilines is 1. The minimum absolute atomic E-state index is 0.0407. The maximum Gasteiger partial charge on any atom is 0.294 e. The van der Waals surface area contributed by atoms with Crippen molar-refractivity contribution in [2.45, 2.75) is 18.9 Å². The van der Waals surface area contributed by atoms with Crippen LogP contribution in [0.2, 0.25) is 0 Å². The molecule has 8 heteroatoms. The zero-order valence-corrected chi connectivity index (χ0v) is 11.7. The summed E-state index contributed by atoms with van der Waals surface area (Å²) in [5.74, 6) is 4.94. The van der Waals surface area contributed by atoms with Gasteiger partial charge in [0.05, 0.1) is 11.0 Å². The lowest BCUT2D eigenvalue weighted by molar-refractivity contribution is -0.384. The van der Waals surface area contributed by atoms with Crippen LogP contribution >= 0.6 is 0 Å². The fourth-order valence-electron chi connectivity index (χ4n) is 2.33. The Kier molecular flexibility index (Phi) is 4.71. The molecule has 1 heterocycles. The molecular formula is C13H18N4O4. The number of likely N-dealkylation sites (N-methyl/N-ethyl adjacent to an activating group) is 1. The second kappa shape index (κ2) is 6.51. The first-order chi connectivity index (χ1) is 10.0. The van der Waals surface area contributed by atoms with E-state index in [1.54, 1.807) is 7.05 Å². The lowest BCUT2D eigenvalue weighted by Crippen LogP contribution is -2.34. The largest absolute Gasteiger partial charge is 0.376 e. The molecule has 2 rings (SSSR count). The van der Waals surface area contributed by atoms with Gasteiger partial charge < -0.3 is 15.1 Å². The molecule has 21 heavy (non-hydrogen) atoms. The van der Waals surface area contributed by atoms with Crippen molar-refractivity contribution >= 4 is 17.3 Å². The summed E-state index contributed by atoms with van der Waals surface area (Å²) in [4.78, 5) is 24.2. The van der Waals surface area contributed by atoms with E-state index in [0.717, 1.165) is 19.4 Å². The van der Waals surface area contributed by atoms with Crippen molar-refractivity contribution < 1.29 is 14.5 Å². The molecule has 8 nitrogen and oxygen atoms in total. The van der Waals surface area contributed by atoms with Crippen LogP contribution in [0.5, 0.6) is 0 Å². The number of amides is 1. The van der Waals surface area contributed by atoms with Crippen molar-refractivity contribution in [2.75, 3.05) is 25.6 Å². The summed E-state index contributed by atoms with van der Waals surface area (Å²) >= 11 is 0. The third-order valence-electron chi connectivity index (χ3n) is 3.45. The van der Waals surface area contributed by atoms with Crippen LogP contribution in [0.1, 0.15) is 23.2 Å². The van der Waals surface area contributed by atoms with Crippen LogP contribution in [0.25, 0.3) is 0 Å². The monoisotopic (exact) mass is 294 g/mol. The van der Waals surface area contributed by atoms with Gasteiger partial charge in [0.2, 0.25) is 0 Å². The van der Waals surface area contributed by atoms with Crippen LogP contribution in [-0.2, 0) is 4.74 Å². The molecule has 3 N–H and O–H groups in total. The van der Waals surface area contributed by atoms with E-state index in [1.165, 1.54) is 23.1 Å². The topological polar surface area (TPSA) is 111 Å². The van der Waals surface area contributed by atoms with Gasteiger partial charge in [0.1, 0.15) is 5.69 Å². The van der Waals surface area contributed by atoms with Crippen LogP contribution in [0.15, 0.2) is 18.2 Å². The zero-order valence-electron chi connectivity index (χ0n) is 11.7. The molecule has 1 unspecified atom stereocenters. The highest BCUT2D eigenvalue weighted by Crippen LogP contribution is 2.25. The molecule has 1 aliphatic heterocycles. The highest BCUT2D eigenvalue weighted by atomic mass is 16.6. The average molecular weight is 294 g/mol. The molecule has 1 amide bonds. The summed E-state index contributed by atoms with van der Waals surface area (Å²) < 4.78 is 5.48. The predicted octanol–water partition coefficient (Wildman–Crippen LogP) is 1.13. The fraction of sp³-hybridized carbons (Fsp3) is 0.462. The van der Waals surface area contributed by atoms with E-state index in [1.807, 2.05) is 0 Å². The molecule has 0 saturated carbocycles. The number of nitrogens with one attached hydrogen (secondary N) is 1. The van der Waals surface area contributed by atoms with E-state index in [0.29, 0.717) is 6.54 Å². The minimum Gasteiger partial charge on any atom is -0.376 e. The van der Waals surface area contributed by atoms with Crippen LogP contribution in [0, 0.1) is 10.1 Å². The van der Waals surface area contributed by atoms with E-state index >= 15 is 0 Å². The highest BCUT2D eigenvalue weighted by Gasteiger charge is 2.23. The Morgan fingerprint density at radius 2 is 2.38 bits per heavy atom. The Labute approximate surface area is 122 Å². The molecule has 0 aromatic heterocycles. The second-order valence-electron chi connectivity index (χ2n) is 4.95. The molecule has 0 aliphatic carbocycles. The van der Waals surface area contributed by atoms with Gasteiger partial charge in [-0.05, 0) is 25.0 Å².